The zero-order chi connectivity index (χ0) is 20.1. The second-order valence-electron chi connectivity index (χ2n) is 6.86. The Morgan fingerprint density at radius 2 is 1.79 bits per heavy atom. The lowest BCUT2D eigenvalue weighted by atomic mass is 10.1. The van der Waals surface area contributed by atoms with Crippen LogP contribution < -0.4 is 5.32 Å². The van der Waals surface area contributed by atoms with Crippen LogP contribution in [0.4, 0.5) is 5.69 Å². The number of hydrogen-bond acceptors (Lipinski definition) is 4. The summed E-state index contributed by atoms with van der Waals surface area (Å²) >= 11 is 0. The Morgan fingerprint density at radius 1 is 1.07 bits per heavy atom. The highest BCUT2D eigenvalue weighted by Crippen LogP contribution is 2.14. The van der Waals surface area contributed by atoms with E-state index in [0.29, 0.717) is 11.3 Å². The summed E-state index contributed by atoms with van der Waals surface area (Å²) in [5.41, 5.74) is 4.46. The molecule has 0 bridgehead atoms. The van der Waals surface area contributed by atoms with E-state index < -0.39 is 0 Å². The highest BCUT2D eigenvalue weighted by Gasteiger charge is 2.09. The largest absolute Gasteiger partial charge is 0.321 e. The van der Waals surface area contributed by atoms with Crippen LogP contribution >= 0.6 is 0 Å². The molecule has 0 aliphatic carbocycles. The molecule has 3 rings (SSSR count). The quantitative estimate of drug-likeness (QED) is 0.676. The normalized spacial score (nSPS) is 11.0. The standard InChI is InChI=1S/C22H27N5O/c1-5-26(6-2)15-18-7-9-19(10-8-18)22(28)24-20-11-12-21(23-14-20)27-17(4)13-16(3)25-27/h7-14H,5-6,15H2,1-4H3,(H,24,28). The molecule has 0 aliphatic heterocycles. The molecule has 2 aromatic heterocycles. The lowest BCUT2D eigenvalue weighted by Gasteiger charge is -2.18. The maximum Gasteiger partial charge on any atom is 0.255 e. The van der Waals surface area contributed by atoms with Crippen molar-refractivity contribution in [1.82, 2.24) is 19.7 Å². The molecular formula is C22H27N5O. The first-order chi connectivity index (χ1) is 13.5. The number of aromatic nitrogens is 3. The van der Waals surface area contributed by atoms with Crippen molar-refractivity contribution in [2.24, 2.45) is 0 Å². The molecule has 0 saturated heterocycles. The van der Waals surface area contributed by atoms with E-state index in [9.17, 15) is 4.79 Å². The van der Waals surface area contributed by atoms with Gasteiger partial charge in [-0.1, -0.05) is 26.0 Å². The topological polar surface area (TPSA) is 63.1 Å². The van der Waals surface area contributed by atoms with E-state index in [-0.39, 0.29) is 5.91 Å². The third-order valence-electron chi connectivity index (χ3n) is 4.75. The van der Waals surface area contributed by atoms with E-state index in [2.05, 4.69) is 34.1 Å². The average molecular weight is 377 g/mol. The third-order valence-corrected chi connectivity index (χ3v) is 4.75. The summed E-state index contributed by atoms with van der Waals surface area (Å²) in [4.78, 5) is 19.3. The van der Waals surface area contributed by atoms with Gasteiger partial charge in [0.1, 0.15) is 0 Å². The summed E-state index contributed by atoms with van der Waals surface area (Å²) in [6.45, 7) is 11.2. The van der Waals surface area contributed by atoms with Crippen LogP contribution in [0.5, 0.6) is 0 Å². The van der Waals surface area contributed by atoms with E-state index in [1.807, 2.05) is 56.3 Å². The first kappa shape index (κ1) is 19.8. The summed E-state index contributed by atoms with van der Waals surface area (Å²) in [5.74, 6) is 0.583. The number of pyridine rings is 1. The fourth-order valence-electron chi connectivity index (χ4n) is 3.12. The Balaban J connectivity index is 1.65. The minimum absolute atomic E-state index is 0.143. The highest BCUT2D eigenvalue weighted by molar-refractivity contribution is 6.04. The predicted octanol–water partition coefficient (Wildman–Crippen LogP) is 3.98. The van der Waals surface area contributed by atoms with Crippen molar-refractivity contribution in [1.29, 1.82) is 0 Å². The number of nitrogens with one attached hydrogen (secondary N) is 1. The lowest BCUT2D eigenvalue weighted by molar-refractivity contribution is 0.102. The smallest absolute Gasteiger partial charge is 0.255 e. The number of hydrogen-bond donors (Lipinski definition) is 1. The zero-order valence-electron chi connectivity index (χ0n) is 16.9. The van der Waals surface area contributed by atoms with Crippen LogP contribution in [-0.2, 0) is 6.54 Å². The van der Waals surface area contributed by atoms with Gasteiger partial charge in [-0.15, -0.1) is 0 Å². The van der Waals surface area contributed by atoms with Gasteiger partial charge in [0, 0.05) is 17.8 Å². The van der Waals surface area contributed by atoms with E-state index in [1.54, 1.807) is 10.9 Å². The average Bonchev–Trinajstić information content (AvgIpc) is 3.05. The van der Waals surface area contributed by atoms with E-state index >= 15 is 0 Å². The first-order valence-corrected chi connectivity index (χ1v) is 9.62. The molecule has 0 atom stereocenters. The second kappa shape index (κ2) is 8.80. The number of carbonyl (C=O) groups is 1. The number of nitrogens with zero attached hydrogens (tertiary/aromatic N) is 4. The maximum atomic E-state index is 12.5. The number of benzene rings is 1. The number of aryl methyl sites for hydroxylation is 2. The molecule has 1 N–H and O–H groups in total. The molecule has 1 aromatic carbocycles. The molecule has 3 aromatic rings. The molecule has 28 heavy (non-hydrogen) atoms. The number of carbonyl (C=O) groups excluding carboxylic acids is 1. The van der Waals surface area contributed by atoms with Gasteiger partial charge in [-0.3, -0.25) is 9.69 Å². The molecule has 1 amide bonds. The molecule has 2 heterocycles. The molecule has 146 valence electrons. The molecule has 0 aliphatic rings. The van der Waals surface area contributed by atoms with Crippen LogP contribution in [0.15, 0.2) is 48.7 Å². The fraction of sp³-hybridized carbons (Fsp3) is 0.318. The lowest BCUT2D eigenvalue weighted by Crippen LogP contribution is -2.22. The van der Waals surface area contributed by atoms with Gasteiger partial charge in [-0.25, -0.2) is 9.67 Å². The van der Waals surface area contributed by atoms with Gasteiger partial charge in [-0.05, 0) is 62.8 Å². The highest BCUT2D eigenvalue weighted by atomic mass is 16.1. The maximum absolute atomic E-state index is 12.5. The molecule has 6 nitrogen and oxygen atoms in total. The van der Waals surface area contributed by atoms with E-state index in [1.165, 1.54) is 5.56 Å². The van der Waals surface area contributed by atoms with Crippen molar-refractivity contribution in [2.45, 2.75) is 34.2 Å². The molecule has 0 saturated carbocycles. The van der Waals surface area contributed by atoms with Gasteiger partial charge in [0.2, 0.25) is 0 Å². The van der Waals surface area contributed by atoms with Crippen molar-refractivity contribution in [3.05, 3.63) is 71.2 Å². The number of anilines is 1. The van der Waals surface area contributed by atoms with Gasteiger partial charge in [0.25, 0.3) is 5.91 Å². The van der Waals surface area contributed by atoms with Crippen LogP contribution in [0.1, 0.15) is 41.2 Å². The molecule has 6 heteroatoms. The zero-order valence-corrected chi connectivity index (χ0v) is 16.9. The van der Waals surface area contributed by atoms with Gasteiger partial charge in [0.15, 0.2) is 5.82 Å². The molecule has 0 radical (unpaired) electrons. The predicted molar refractivity (Wildman–Crippen MR) is 112 cm³/mol. The minimum atomic E-state index is -0.143. The second-order valence-corrected chi connectivity index (χ2v) is 6.86. The molecule has 0 spiro atoms. The van der Waals surface area contributed by atoms with Crippen molar-refractivity contribution >= 4 is 11.6 Å². The van der Waals surface area contributed by atoms with Crippen molar-refractivity contribution < 1.29 is 4.79 Å². The summed E-state index contributed by atoms with van der Waals surface area (Å²) in [5, 5.41) is 7.32. The Labute approximate surface area is 166 Å². The Morgan fingerprint density at radius 3 is 2.32 bits per heavy atom. The van der Waals surface area contributed by atoms with E-state index in [0.717, 1.165) is 36.8 Å². The van der Waals surface area contributed by atoms with Gasteiger partial charge >= 0.3 is 0 Å². The van der Waals surface area contributed by atoms with Crippen molar-refractivity contribution in [2.75, 3.05) is 18.4 Å². The first-order valence-electron chi connectivity index (χ1n) is 9.62. The van der Waals surface area contributed by atoms with Crippen LogP contribution in [0.3, 0.4) is 0 Å². The van der Waals surface area contributed by atoms with Crippen LogP contribution in [0.25, 0.3) is 5.82 Å². The molecule has 0 unspecified atom stereocenters. The van der Waals surface area contributed by atoms with Gasteiger partial charge in [0.05, 0.1) is 17.6 Å². The summed E-state index contributed by atoms with van der Waals surface area (Å²) in [6.07, 6.45) is 1.65. The SMILES string of the molecule is CCN(CC)Cc1ccc(C(=O)Nc2ccc(-n3nc(C)cc3C)nc2)cc1. The van der Waals surface area contributed by atoms with Gasteiger partial charge in [-0.2, -0.15) is 5.10 Å². The van der Waals surface area contributed by atoms with Crippen LogP contribution in [0, 0.1) is 13.8 Å². The Hall–Kier alpha value is -2.99. The van der Waals surface area contributed by atoms with Crippen LogP contribution in [0.2, 0.25) is 0 Å². The van der Waals surface area contributed by atoms with Gasteiger partial charge < -0.3 is 5.32 Å². The summed E-state index contributed by atoms with van der Waals surface area (Å²) in [6, 6.07) is 13.4. The fourth-order valence-corrected chi connectivity index (χ4v) is 3.12. The summed E-state index contributed by atoms with van der Waals surface area (Å²) in [7, 11) is 0. The van der Waals surface area contributed by atoms with E-state index in [4.69, 9.17) is 0 Å². The number of amides is 1. The van der Waals surface area contributed by atoms with Crippen molar-refractivity contribution in [3.63, 3.8) is 0 Å². The third kappa shape index (κ3) is 4.64. The number of rotatable bonds is 7. The summed E-state index contributed by atoms with van der Waals surface area (Å²) < 4.78 is 1.79. The van der Waals surface area contributed by atoms with Crippen LogP contribution in [-0.4, -0.2) is 38.7 Å². The minimum Gasteiger partial charge on any atom is -0.321 e. The van der Waals surface area contributed by atoms with Crippen molar-refractivity contribution in [3.8, 4) is 5.82 Å². The Bertz CT molecular complexity index is 925. The monoisotopic (exact) mass is 377 g/mol. The Kier molecular flexibility index (Phi) is 6.21. The molecular weight excluding hydrogens is 350 g/mol. The molecule has 0 fully saturated rings.